The van der Waals surface area contributed by atoms with Crippen molar-refractivity contribution in [1.29, 1.82) is 0 Å². The van der Waals surface area contributed by atoms with Gasteiger partial charge in [-0.05, 0) is 45.8 Å². The highest BCUT2D eigenvalue weighted by molar-refractivity contribution is 9.10. The number of pyridine rings is 1. The van der Waals surface area contributed by atoms with Crippen LogP contribution in [0.4, 0.5) is 5.69 Å². The van der Waals surface area contributed by atoms with Crippen LogP contribution in [-0.4, -0.2) is 18.0 Å². The van der Waals surface area contributed by atoms with Gasteiger partial charge in [0, 0.05) is 17.2 Å². The van der Waals surface area contributed by atoms with Crippen molar-refractivity contribution in [2.45, 2.75) is 6.54 Å². The van der Waals surface area contributed by atoms with Crippen LogP contribution in [0.5, 0.6) is 5.75 Å². The molecule has 1 aromatic carbocycles. The number of methoxy groups -OCH3 is 1. The van der Waals surface area contributed by atoms with E-state index in [1.54, 1.807) is 37.6 Å². The molecule has 0 saturated carbocycles. The summed E-state index contributed by atoms with van der Waals surface area (Å²) in [6, 6.07) is 8.92. The molecule has 1 aromatic heterocycles. The first-order valence-corrected chi connectivity index (χ1v) is 6.72. The zero-order valence-corrected chi connectivity index (χ0v) is 12.5. The molecule has 0 atom stereocenters. The third kappa shape index (κ3) is 3.27. The van der Waals surface area contributed by atoms with Crippen molar-refractivity contribution in [3.05, 3.63) is 52.3 Å². The van der Waals surface area contributed by atoms with Gasteiger partial charge in [0.1, 0.15) is 11.4 Å². The van der Waals surface area contributed by atoms with Crippen molar-refractivity contribution in [3.63, 3.8) is 0 Å². The molecule has 6 heteroatoms. The van der Waals surface area contributed by atoms with Crippen LogP contribution in [0.25, 0.3) is 0 Å². The Bertz CT molecular complexity index is 632. The van der Waals surface area contributed by atoms with Crippen molar-refractivity contribution in [3.8, 4) is 5.75 Å². The molecule has 1 amide bonds. The average molecular weight is 336 g/mol. The molecule has 5 nitrogen and oxygen atoms in total. The first-order chi connectivity index (χ1) is 9.61. The fraction of sp³-hybridized carbons (Fsp3) is 0.143. The molecule has 2 rings (SSSR count). The highest BCUT2D eigenvalue weighted by Gasteiger charge is 2.10. The van der Waals surface area contributed by atoms with Gasteiger partial charge in [0.15, 0.2) is 0 Å². The molecule has 0 fully saturated rings. The normalized spacial score (nSPS) is 10.1. The van der Waals surface area contributed by atoms with Crippen LogP contribution in [0.2, 0.25) is 0 Å². The number of hydrogen-bond donors (Lipinski definition) is 2. The van der Waals surface area contributed by atoms with E-state index in [0.717, 1.165) is 5.56 Å². The fourth-order valence-electron chi connectivity index (χ4n) is 1.71. The summed E-state index contributed by atoms with van der Waals surface area (Å²) >= 11 is 3.29. The highest BCUT2D eigenvalue weighted by Crippen LogP contribution is 2.21. The Balaban J connectivity index is 2.04. The summed E-state index contributed by atoms with van der Waals surface area (Å²) in [5, 5.41) is 2.79. The first kappa shape index (κ1) is 14.3. The van der Waals surface area contributed by atoms with Gasteiger partial charge >= 0.3 is 0 Å². The van der Waals surface area contributed by atoms with Gasteiger partial charge < -0.3 is 15.8 Å². The first-order valence-electron chi connectivity index (χ1n) is 5.93. The number of anilines is 1. The van der Waals surface area contributed by atoms with E-state index in [9.17, 15) is 4.79 Å². The lowest BCUT2D eigenvalue weighted by Gasteiger charge is -2.09. The molecule has 104 valence electrons. The number of hydrogen-bond acceptors (Lipinski definition) is 4. The zero-order chi connectivity index (χ0) is 14.5. The molecule has 0 aliphatic heterocycles. The zero-order valence-electron chi connectivity index (χ0n) is 10.9. The molecule has 0 aliphatic rings. The van der Waals surface area contributed by atoms with Crippen LogP contribution in [0.3, 0.4) is 0 Å². The third-order valence-corrected chi connectivity index (χ3v) is 3.36. The number of rotatable bonds is 4. The number of carbonyl (C=O) groups is 1. The second-order valence-electron chi connectivity index (χ2n) is 4.09. The van der Waals surface area contributed by atoms with Crippen LogP contribution in [0, 0.1) is 0 Å². The SMILES string of the molecule is COc1ccc(CNC(=O)c2ncccc2Br)cc1N. The van der Waals surface area contributed by atoms with E-state index < -0.39 is 0 Å². The van der Waals surface area contributed by atoms with E-state index in [1.165, 1.54) is 0 Å². The van der Waals surface area contributed by atoms with Crippen molar-refractivity contribution in [1.82, 2.24) is 10.3 Å². The Hall–Kier alpha value is -2.08. The number of carbonyl (C=O) groups excluding carboxylic acids is 1. The van der Waals surface area contributed by atoms with Crippen molar-refractivity contribution < 1.29 is 9.53 Å². The van der Waals surface area contributed by atoms with Gasteiger partial charge in [-0.15, -0.1) is 0 Å². The van der Waals surface area contributed by atoms with Crippen LogP contribution in [0.1, 0.15) is 16.1 Å². The van der Waals surface area contributed by atoms with Gasteiger partial charge in [-0.2, -0.15) is 0 Å². The van der Waals surface area contributed by atoms with Crippen LogP contribution < -0.4 is 15.8 Å². The summed E-state index contributed by atoms with van der Waals surface area (Å²) in [5.74, 6) is 0.374. The summed E-state index contributed by atoms with van der Waals surface area (Å²) in [6.45, 7) is 0.371. The highest BCUT2D eigenvalue weighted by atomic mass is 79.9. The Labute approximate surface area is 125 Å². The van der Waals surface area contributed by atoms with E-state index in [-0.39, 0.29) is 5.91 Å². The summed E-state index contributed by atoms with van der Waals surface area (Å²) in [7, 11) is 1.56. The van der Waals surface area contributed by atoms with Crippen LogP contribution >= 0.6 is 15.9 Å². The third-order valence-electron chi connectivity index (χ3n) is 2.72. The lowest BCUT2D eigenvalue weighted by Crippen LogP contribution is -2.24. The number of nitrogens with two attached hydrogens (primary N) is 1. The molecule has 2 aromatic rings. The molecule has 0 radical (unpaired) electrons. The number of ether oxygens (including phenoxy) is 1. The number of nitrogens with zero attached hydrogens (tertiary/aromatic N) is 1. The molecule has 1 heterocycles. The number of nitrogen functional groups attached to an aromatic ring is 1. The molecule has 0 saturated heterocycles. The van der Waals surface area contributed by atoms with Gasteiger partial charge in [-0.3, -0.25) is 4.79 Å². The maximum absolute atomic E-state index is 12.0. The molecule has 0 aliphatic carbocycles. The monoisotopic (exact) mass is 335 g/mol. The summed E-state index contributed by atoms with van der Waals surface area (Å²) in [5.41, 5.74) is 7.60. The number of benzene rings is 1. The quantitative estimate of drug-likeness (QED) is 0.841. The number of nitrogens with one attached hydrogen (secondary N) is 1. The predicted octanol–water partition coefficient (Wildman–Crippen LogP) is 2.36. The maximum Gasteiger partial charge on any atom is 0.271 e. The number of amides is 1. The Morgan fingerprint density at radius 3 is 2.90 bits per heavy atom. The fourth-order valence-corrected chi connectivity index (χ4v) is 2.15. The second-order valence-corrected chi connectivity index (χ2v) is 4.95. The minimum absolute atomic E-state index is 0.244. The van der Waals surface area contributed by atoms with Gasteiger partial charge in [-0.25, -0.2) is 4.98 Å². The Morgan fingerprint density at radius 1 is 1.45 bits per heavy atom. The van der Waals surface area contributed by atoms with E-state index in [2.05, 4.69) is 26.2 Å². The smallest absolute Gasteiger partial charge is 0.271 e. The molecule has 0 spiro atoms. The number of halogens is 1. The maximum atomic E-state index is 12.0. The van der Waals surface area contributed by atoms with Gasteiger partial charge in [0.25, 0.3) is 5.91 Å². The number of aromatic nitrogens is 1. The molecule has 20 heavy (non-hydrogen) atoms. The minimum Gasteiger partial charge on any atom is -0.495 e. The van der Waals surface area contributed by atoms with E-state index in [1.807, 2.05) is 6.07 Å². The summed E-state index contributed by atoms with van der Waals surface area (Å²) < 4.78 is 5.74. The summed E-state index contributed by atoms with van der Waals surface area (Å²) in [4.78, 5) is 16.0. The predicted molar refractivity (Wildman–Crippen MR) is 80.5 cm³/mol. The Kier molecular flexibility index (Phi) is 4.57. The molecule has 0 unspecified atom stereocenters. The van der Waals surface area contributed by atoms with Gasteiger partial charge in [0.2, 0.25) is 0 Å². The van der Waals surface area contributed by atoms with Crippen molar-refractivity contribution >= 4 is 27.5 Å². The van der Waals surface area contributed by atoms with Crippen molar-refractivity contribution in [2.75, 3.05) is 12.8 Å². The molecular weight excluding hydrogens is 322 g/mol. The minimum atomic E-state index is -0.244. The average Bonchev–Trinajstić information content (AvgIpc) is 2.45. The summed E-state index contributed by atoms with van der Waals surface area (Å²) in [6.07, 6.45) is 1.57. The van der Waals surface area contributed by atoms with Crippen LogP contribution in [0.15, 0.2) is 41.0 Å². The lowest BCUT2D eigenvalue weighted by molar-refractivity contribution is 0.0945. The van der Waals surface area contributed by atoms with E-state index in [0.29, 0.717) is 28.1 Å². The molecule has 0 bridgehead atoms. The van der Waals surface area contributed by atoms with Gasteiger partial charge in [0.05, 0.1) is 12.8 Å². The van der Waals surface area contributed by atoms with E-state index in [4.69, 9.17) is 10.5 Å². The van der Waals surface area contributed by atoms with Crippen LogP contribution in [-0.2, 0) is 6.54 Å². The van der Waals surface area contributed by atoms with Gasteiger partial charge in [-0.1, -0.05) is 6.07 Å². The topological polar surface area (TPSA) is 77.2 Å². The standard InChI is InChI=1S/C14H14BrN3O2/c1-20-12-5-4-9(7-11(12)16)8-18-14(19)13-10(15)3-2-6-17-13/h2-7H,8,16H2,1H3,(H,18,19). The molecule has 3 N–H and O–H groups in total. The van der Waals surface area contributed by atoms with Crippen molar-refractivity contribution in [2.24, 2.45) is 0 Å². The lowest BCUT2D eigenvalue weighted by atomic mass is 10.2. The Morgan fingerprint density at radius 2 is 2.25 bits per heavy atom. The second kappa shape index (κ2) is 6.38. The van der Waals surface area contributed by atoms with E-state index >= 15 is 0 Å². The molecular formula is C14H14BrN3O2. The largest absolute Gasteiger partial charge is 0.495 e.